The zero-order valence-corrected chi connectivity index (χ0v) is 11.4. The number of piperidine rings is 1. The fraction of sp³-hybridized carbons (Fsp3) is 0.538. The Labute approximate surface area is 116 Å². The van der Waals surface area contributed by atoms with Crippen LogP contribution in [0.25, 0.3) is 0 Å². The molecule has 0 spiro atoms. The number of amides is 1. The molecular formula is C13H17N3O2S. The molecule has 6 heteroatoms. The first-order valence-electron chi connectivity index (χ1n) is 6.37. The molecule has 2 heterocycles. The van der Waals surface area contributed by atoms with Gasteiger partial charge in [0.2, 0.25) is 5.91 Å². The number of aliphatic hydroxyl groups excluding tert-OH is 1. The smallest absolute Gasteiger partial charge is 0.226 e. The monoisotopic (exact) mass is 279 g/mol. The van der Waals surface area contributed by atoms with Crippen molar-refractivity contribution in [2.75, 3.05) is 25.0 Å². The highest BCUT2D eigenvalue weighted by atomic mass is 32.1. The van der Waals surface area contributed by atoms with Crippen LogP contribution in [0, 0.1) is 11.3 Å². The molecule has 0 aliphatic carbocycles. The molecule has 19 heavy (non-hydrogen) atoms. The topological polar surface area (TPSA) is 76.4 Å². The van der Waals surface area contributed by atoms with Crippen molar-refractivity contribution < 1.29 is 9.90 Å². The minimum Gasteiger partial charge on any atom is -0.392 e. The molecule has 1 saturated heterocycles. The molecule has 0 unspecified atom stereocenters. The standard InChI is InChI=1S/C13H17N3O2S/c14-8-10-4-7-19-13(10)15-12(18)3-6-16-5-1-2-11(17)9-16/h4,7,11,17H,1-3,5-6,9H2,(H,15,18)/t11-/m0/s1. The molecular weight excluding hydrogens is 262 g/mol. The maximum absolute atomic E-state index is 11.8. The van der Waals surface area contributed by atoms with Crippen LogP contribution in [-0.2, 0) is 4.79 Å². The summed E-state index contributed by atoms with van der Waals surface area (Å²) in [6, 6.07) is 3.74. The lowest BCUT2D eigenvalue weighted by molar-refractivity contribution is -0.116. The summed E-state index contributed by atoms with van der Waals surface area (Å²) < 4.78 is 0. The van der Waals surface area contributed by atoms with E-state index in [1.165, 1.54) is 11.3 Å². The van der Waals surface area contributed by atoms with Crippen LogP contribution in [0.4, 0.5) is 5.00 Å². The second-order valence-corrected chi connectivity index (χ2v) is 5.59. The zero-order chi connectivity index (χ0) is 13.7. The number of carbonyl (C=O) groups is 1. The molecule has 1 aliphatic rings. The minimum absolute atomic E-state index is 0.0842. The van der Waals surface area contributed by atoms with E-state index in [1.54, 1.807) is 11.4 Å². The molecule has 0 radical (unpaired) electrons. The lowest BCUT2D eigenvalue weighted by Gasteiger charge is -2.29. The Kier molecular flexibility index (Phi) is 4.91. The van der Waals surface area contributed by atoms with Crippen molar-refractivity contribution in [1.29, 1.82) is 5.26 Å². The second-order valence-electron chi connectivity index (χ2n) is 4.67. The number of likely N-dealkylation sites (tertiary alicyclic amines) is 1. The van der Waals surface area contributed by atoms with E-state index in [1.807, 2.05) is 6.07 Å². The van der Waals surface area contributed by atoms with E-state index in [0.717, 1.165) is 19.4 Å². The van der Waals surface area contributed by atoms with Gasteiger partial charge in [0.25, 0.3) is 0 Å². The number of nitrogens with zero attached hydrogens (tertiary/aromatic N) is 2. The van der Waals surface area contributed by atoms with E-state index in [2.05, 4.69) is 10.2 Å². The Hall–Kier alpha value is -1.42. The summed E-state index contributed by atoms with van der Waals surface area (Å²) in [4.78, 5) is 13.9. The lowest BCUT2D eigenvalue weighted by Crippen LogP contribution is -2.39. The van der Waals surface area contributed by atoms with Crippen LogP contribution in [0.1, 0.15) is 24.8 Å². The van der Waals surface area contributed by atoms with Crippen molar-refractivity contribution in [3.05, 3.63) is 17.0 Å². The van der Waals surface area contributed by atoms with Crippen LogP contribution >= 0.6 is 11.3 Å². The van der Waals surface area contributed by atoms with Crippen LogP contribution < -0.4 is 5.32 Å². The summed E-state index contributed by atoms with van der Waals surface area (Å²) in [6.07, 6.45) is 1.95. The quantitative estimate of drug-likeness (QED) is 0.873. The molecule has 102 valence electrons. The molecule has 1 amide bonds. The van der Waals surface area contributed by atoms with Gasteiger partial charge < -0.3 is 15.3 Å². The van der Waals surface area contributed by atoms with Crippen LogP contribution in [0.5, 0.6) is 0 Å². The average Bonchev–Trinajstić information content (AvgIpc) is 2.84. The van der Waals surface area contributed by atoms with Crippen molar-refractivity contribution in [2.45, 2.75) is 25.4 Å². The Balaban J connectivity index is 1.77. The zero-order valence-electron chi connectivity index (χ0n) is 10.6. The third-order valence-electron chi connectivity index (χ3n) is 3.17. The number of β-amino-alcohol motifs (C(OH)–C–C–N with tert-alkyl or cyclic N) is 1. The van der Waals surface area contributed by atoms with Crippen LogP contribution in [-0.4, -0.2) is 41.7 Å². The van der Waals surface area contributed by atoms with Gasteiger partial charge in [0.05, 0.1) is 11.7 Å². The van der Waals surface area contributed by atoms with E-state index in [0.29, 0.717) is 30.1 Å². The number of rotatable bonds is 4. The van der Waals surface area contributed by atoms with Crippen molar-refractivity contribution in [3.8, 4) is 6.07 Å². The first kappa shape index (κ1) is 14.0. The number of thiophene rings is 1. The Morgan fingerprint density at radius 3 is 3.26 bits per heavy atom. The highest BCUT2D eigenvalue weighted by molar-refractivity contribution is 7.14. The minimum atomic E-state index is -0.265. The number of anilines is 1. The van der Waals surface area contributed by atoms with E-state index in [9.17, 15) is 9.90 Å². The largest absolute Gasteiger partial charge is 0.392 e. The third kappa shape index (κ3) is 4.03. The Bertz CT molecular complexity index is 480. The van der Waals surface area contributed by atoms with Gasteiger partial charge in [-0.1, -0.05) is 0 Å². The molecule has 2 rings (SSSR count). The molecule has 0 saturated carbocycles. The van der Waals surface area contributed by atoms with E-state index >= 15 is 0 Å². The van der Waals surface area contributed by atoms with Crippen molar-refractivity contribution in [1.82, 2.24) is 4.90 Å². The van der Waals surface area contributed by atoms with Gasteiger partial charge in [-0.15, -0.1) is 11.3 Å². The normalized spacial score (nSPS) is 19.9. The molecule has 1 atom stereocenters. The lowest BCUT2D eigenvalue weighted by atomic mass is 10.1. The molecule has 1 fully saturated rings. The average molecular weight is 279 g/mol. The number of carbonyl (C=O) groups excluding carboxylic acids is 1. The van der Waals surface area contributed by atoms with Crippen LogP contribution in [0.2, 0.25) is 0 Å². The predicted molar refractivity (Wildman–Crippen MR) is 74.0 cm³/mol. The maximum Gasteiger partial charge on any atom is 0.226 e. The van der Waals surface area contributed by atoms with Gasteiger partial charge in [-0.2, -0.15) is 5.26 Å². The first-order chi connectivity index (χ1) is 9.19. The molecule has 1 aliphatic heterocycles. The third-order valence-corrected chi connectivity index (χ3v) is 4.00. The molecule has 0 aromatic carbocycles. The van der Waals surface area contributed by atoms with Gasteiger partial charge in [-0.05, 0) is 30.8 Å². The van der Waals surface area contributed by atoms with E-state index < -0.39 is 0 Å². The fourth-order valence-electron chi connectivity index (χ4n) is 2.18. The first-order valence-corrected chi connectivity index (χ1v) is 7.25. The van der Waals surface area contributed by atoms with Gasteiger partial charge in [-0.25, -0.2) is 0 Å². The van der Waals surface area contributed by atoms with Gasteiger partial charge in [0.15, 0.2) is 0 Å². The van der Waals surface area contributed by atoms with Gasteiger partial charge >= 0.3 is 0 Å². The van der Waals surface area contributed by atoms with Crippen LogP contribution in [0.15, 0.2) is 11.4 Å². The number of aliphatic hydroxyl groups is 1. The summed E-state index contributed by atoms with van der Waals surface area (Å²) in [7, 11) is 0. The highest BCUT2D eigenvalue weighted by Gasteiger charge is 2.18. The SMILES string of the molecule is N#Cc1ccsc1NC(=O)CCN1CCC[C@H](O)C1. The molecule has 0 bridgehead atoms. The number of hydrogen-bond acceptors (Lipinski definition) is 5. The molecule has 2 N–H and O–H groups in total. The Morgan fingerprint density at radius 1 is 1.68 bits per heavy atom. The van der Waals surface area contributed by atoms with Crippen LogP contribution in [0.3, 0.4) is 0 Å². The highest BCUT2D eigenvalue weighted by Crippen LogP contribution is 2.22. The molecule has 1 aromatic heterocycles. The van der Waals surface area contributed by atoms with Gasteiger partial charge in [0, 0.05) is 19.5 Å². The van der Waals surface area contributed by atoms with Crippen molar-refractivity contribution >= 4 is 22.2 Å². The van der Waals surface area contributed by atoms with Crippen molar-refractivity contribution in [3.63, 3.8) is 0 Å². The number of hydrogen-bond donors (Lipinski definition) is 2. The Morgan fingerprint density at radius 2 is 2.53 bits per heavy atom. The number of nitriles is 1. The number of nitrogens with one attached hydrogen (secondary N) is 1. The molecule has 5 nitrogen and oxygen atoms in total. The molecule has 1 aromatic rings. The maximum atomic E-state index is 11.8. The predicted octanol–water partition coefficient (Wildman–Crippen LogP) is 1.41. The summed E-state index contributed by atoms with van der Waals surface area (Å²) in [5.41, 5.74) is 0.506. The summed E-state index contributed by atoms with van der Waals surface area (Å²) in [6.45, 7) is 2.23. The van der Waals surface area contributed by atoms with E-state index in [-0.39, 0.29) is 12.0 Å². The van der Waals surface area contributed by atoms with Crippen molar-refractivity contribution in [2.24, 2.45) is 0 Å². The fourth-order valence-corrected chi connectivity index (χ4v) is 2.93. The summed E-state index contributed by atoms with van der Waals surface area (Å²) in [5, 5.41) is 23.6. The van der Waals surface area contributed by atoms with Gasteiger partial charge in [0.1, 0.15) is 11.1 Å². The van der Waals surface area contributed by atoms with Gasteiger partial charge in [-0.3, -0.25) is 4.79 Å². The van der Waals surface area contributed by atoms with E-state index in [4.69, 9.17) is 5.26 Å². The second kappa shape index (κ2) is 6.66. The summed E-state index contributed by atoms with van der Waals surface area (Å²) >= 11 is 1.36. The summed E-state index contributed by atoms with van der Waals surface area (Å²) in [5.74, 6) is -0.0842.